The smallest absolute Gasteiger partial charge is 0.303 e. The van der Waals surface area contributed by atoms with Crippen molar-refractivity contribution in [2.75, 3.05) is 26.8 Å². The third-order valence-electron chi connectivity index (χ3n) is 1.45. The van der Waals surface area contributed by atoms with Crippen LogP contribution in [-0.4, -0.2) is 37.9 Å². The first-order valence-corrected chi connectivity index (χ1v) is 4.19. The summed E-state index contributed by atoms with van der Waals surface area (Å²) in [7, 11) is 1.67. The standard InChI is InChI=1S/C8H17NO3/c1-12-7-3-6-9-5-2-4-8(10)11/h9H,2-7H2,1H3,(H,10,11). The van der Waals surface area contributed by atoms with E-state index in [9.17, 15) is 4.79 Å². The number of carbonyl (C=O) groups is 1. The van der Waals surface area contributed by atoms with Gasteiger partial charge in [-0.3, -0.25) is 4.79 Å². The summed E-state index contributed by atoms with van der Waals surface area (Å²) in [5, 5.41) is 11.4. The van der Waals surface area contributed by atoms with Crippen LogP contribution in [-0.2, 0) is 9.53 Å². The van der Waals surface area contributed by atoms with Crippen LogP contribution in [0.1, 0.15) is 19.3 Å². The van der Waals surface area contributed by atoms with Gasteiger partial charge in [-0.2, -0.15) is 0 Å². The lowest BCUT2D eigenvalue weighted by atomic mass is 10.3. The van der Waals surface area contributed by atoms with E-state index in [1.807, 2.05) is 0 Å². The fraction of sp³-hybridized carbons (Fsp3) is 0.875. The van der Waals surface area contributed by atoms with Gasteiger partial charge in [0.1, 0.15) is 0 Å². The van der Waals surface area contributed by atoms with E-state index < -0.39 is 5.97 Å². The predicted molar refractivity (Wildman–Crippen MR) is 46.2 cm³/mol. The van der Waals surface area contributed by atoms with Crippen molar-refractivity contribution < 1.29 is 14.6 Å². The first-order valence-electron chi connectivity index (χ1n) is 4.19. The topological polar surface area (TPSA) is 58.6 Å². The molecular weight excluding hydrogens is 158 g/mol. The third kappa shape index (κ3) is 9.39. The molecule has 0 aliphatic carbocycles. The molecule has 0 heterocycles. The molecule has 0 radical (unpaired) electrons. The highest BCUT2D eigenvalue weighted by Crippen LogP contribution is 1.86. The number of hydrogen-bond donors (Lipinski definition) is 2. The molecule has 0 aromatic carbocycles. The van der Waals surface area contributed by atoms with Crippen LogP contribution < -0.4 is 5.32 Å². The fourth-order valence-electron chi connectivity index (χ4n) is 0.831. The summed E-state index contributed by atoms with van der Waals surface area (Å²) in [4.78, 5) is 10.1. The molecule has 0 unspecified atom stereocenters. The van der Waals surface area contributed by atoms with Crippen molar-refractivity contribution >= 4 is 5.97 Å². The monoisotopic (exact) mass is 175 g/mol. The summed E-state index contributed by atoms with van der Waals surface area (Å²) in [6.07, 6.45) is 1.92. The molecular formula is C8H17NO3. The minimum absolute atomic E-state index is 0.247. The van der Waals surface area contributed by atoms with Crippen LogP contribution in [0.4, 0.5) is 0 Å². The van der Waals surface area contributed by atoms with Crippen molar-refractivity contribution in [1.82, 2.24) is 5.32 Å². The van der Waals surface area contributed by atoms with E-state index in [4.69, 9.17) is 9.84 Å². The Hall–Kier alpha value is -0.610. The molecule has 0 atom stereocenters. The van der Waals surface area contributed by atoms with Crippen molar-refractivity contribution in [2.24, 2.45) is 0 Å². The Labute approximate surface area is 72.9 Å². The maximum atomic E-state index is 10.1. The fourth-order valence-corrected chi connectivity index (χ4v) is 0.831. The molecule has 0 saturated carbocycles. The quantitative estimate of drug-likeness (QED) is 0.527. The molecule has 2 N–H and O–H groups in total. The molecule has 0 aromatic rings. The van der Waals surface area contributed by atoms with Gasteiger partial charge < -0.3 is 15.2 Å². The minimum atomic E-state index is -0.728. The second-order valence-corrected chi connectivity index (χ2v) is 2.59. The molecule has 12 heavy (non-hydrogen) atoms. The van der Waals surface area contributed by atoms with Gasteiger partial charge in [-0.25, -0.2) is 0 Å². The van der Waals surface area contributed by atoms with Crippen LogP contribution in [0.3, 0.4) is 0 Å². The van der Waals surface area contributed by atoms with Crippen molar-refractivity contribution in [1.29, 1.82) is 0 Å². The van der Waals surface area contributed by atoms with Crippen molar-refractivity contribution in [3.63, 3.8) is 0 Å². The number of hydrogen-bond acceptors (Lipinski definition) is 3. The highest BCUT2D eigenvalue weighted by molar-refractivity contribution is 5.66. The maximum absolute atomic E-state index is 10.1. The van der Waals surface area contributed by atoms with Crippen LogP contribution >= 0.6 is 0 Å². The third-order valence-corrected chi connectivity index (χ3v) is 1.45. The summed E-state index contributed by atoms with van der Waals surface area (Å²) >= 11 is 0. The largest absolute Gasteiger partial charge is 0.481 e. The number of nitrogens with one attached hydrogen (secondary N) is 1. The molecule has 4 nitrogen and oxygen atoms in total. The lowest BCUT2D eigenvalue weighted by Crippen LogP contribution is -2.18. The van der Waals surface area contributed by atoms with E-state index in [2.05, 4.69) is 5.32 Å². The number of ether oxygens (including phenoxy) is 1. The van der Waals surface area contributed by atoms with Crippen LogP contribution in [0.15, 0.2) is 0 Å². The highest BCUT2D eigenvalue weighted by atomic mass is 16.5. The predicted octanol–water partition coefficient (Wildman–Crippen LogP) is 0.477. The molecule has 0 aromatic heterocycles. The lowest BCUT2D eigenvalue weighted by Gasteiger charge is -2.02. The highest BCUT2D eigenvalue weighted by Gasteiger charge is 1.94. The Morgan fingerprint density at radius 3 is 2.67 bits per heavy atom. The van der Waals surface area contributed by atoms with Gasteiger partial charge in [-0.15, -0.1) is 0 Å². The molecule has 0 amide bonds. The van der Waals surface area contributed by atoms with Gasteiger partial charge in [0.05, 0.1) is 0 Å². The summed E-state index contributed by atoms with van der Waals surface area (Å²) < 4.78 is 4.85. The molecule has 0 aliphatic heterocycles. The summed E-state index contributed by atoms with van der Waals surface area (Å²) in [6.45, 7) is 2.43. The van der Waals surface area contributed by atoms with E-state index in [1.165, 1.54) is 0 Å². The van der Waals surface area contributed by atoms with Crippen molar-refractivity contribution in [3.8, 4) is 0 Å². The Morgan fingerprint density at radius 2 is 2.08 bits per heavy atom. The van der Waals surface area contributed by atoms with Gasteiger partial charge in [0, 0.05) is 20.1 Å². The van der Waals surface area contributed by atoms with E-state index in [-0.39, 0.29) is 6.42 Å². The molecule has 0 saturated heterocycles. The Morgan fingerprint density at radius 1 is 1.42 bits per heavy atom. The second kappa shape index (κ2) is 8.49. The van der Waals surface area contributed by atoms with E-state index >= 15 is 0 Å². The molecule has 4 heteroatoms. The Balaban J connectivity index is 2.86. The molecule has 72 valence electrons. The number of carboxylic acid groups (broad SMARTS) is 1. The number of methoxy groups -OCH3 is 1. The lowest BCUT2D eigenvalue weighted by molar-refractivity contribution is -0.137. The Bertz CT molecular complexity index is 117. The second-order valence-electron chi connectivity index (χ2n) is 2.59. The van der Waals surface area contributed by atoms with Gasteiger partial charge in [0.15, 0.2) is 0 Å². The zero-order chi connectivity index (χ0) is 9.23. The summed E-state index contributed by atoms with van der Waals surface area (Å²) in [5.41, 5.74) is 0. The van der Waals surface area contributed by atoms with Crippen LogP contribution in [0.5, 0.6) is 0 Å². The van der Waals surface area contributed by atoms with Crippen LogP contribution in [0.2, 0.25) is 0 Å². The van der Waals surface area contributed by atoms with E-state index in [0.717, 1.165) is 26.1 Å². The maximum Gasteiger partial charge on any atom is 0.303 e. The number of carboxylic acids is 1. The summed E-state index contributed by atoms with van der Waals surface area (Å²) in [6, 6.07) is 0. The van der Waals surface area contributed by atoms with Crippen molar-refractivity contribution in [3.05, 3.63) is 0 Å². The normalized spacial score (nSPS) is 10.1. The molecule has 0 fully saturated rings. The molecule has 0 spiro atoms. The number of rotatable bonds is 8. The summed E-state index contributed by atoms with van der Waals surface area (Å²) in [5.74, 6) is -0.728. The minimum Gasteiger partial charge on any atom is -0.481 e. The Kier molecular flexibility index (Phi) is 8.05. The van der Waals surface area contributed by atoms with Gasteiger partial charge in [-0.05, 0) is 25.9 Å². The van der Waals surface area contributed by atoms with Crippen LogP contribution in [0, 0.1) is 0 Å². The molecule has 0 bridgehead atoms. The average Bonchev–Trinajstić information content (AvgIpc) is 2.02. The average molecular weight is 175 g/mol. The number of aliphatic carboxylic acids is 1. The first-order chi connectivity index (χ1) is 5.77. The van der Waals surface area contributed by atoms with Gasteiger partial charge in [0.2, 0.25) is 0 Å². The van der Waals surface area contributed by atoms with E-state index in [1.54, 1.807) is 7.11 Å². The molecule has 0 aliphatic rings. The molecule has 0 rings (SSSR count). The van der Waals surface area contributed by atoms with Crippen LogP contribution in [0.25, 0.3) is 0 Å². The van der Waals surface area contributed by atoms with Crippen molar-refractivity contribution in [2.45, 2.75) is 19.3 Å². The van der Waals surface area contributed by atoms with Gasteiger partial charge in [-0.1, -0.05) is 0 Å². The zero-order valence-electron chi connectivity index (χ0n) is 7.51. The zero-order valence-corrected chi connectivity index (χ0v) is 7.51. The van der Waals surface area contributed by atoms with E-state index in [0.29, 0.717) is 6.42 Å². The van der Waals surface area contributed by atoms with Gasteiger partial charge in [0.25, 0.3) is 0 Å². The first kappa shape index (κ1) is 11.4. The SMILES string of the molecule is COCCCNCCCC(=O)O. The van der Waals surface area contributed by atoms with Gasteiger partial charge >= 0.3 is 5.97 Å².